The van der Waals surface area contributed by atoms with E-state index < -0.39 is 6.10 Å². The molecule has 0 spiro atoms. The maximum atomic E-state index is 11.9. The lowest BCUT2D eigenvalue weighted by molar-refractivity contribution is -0.142. The predicted molar refractivity (Wildman–Crippen MR) is 66.6 cm³/mol. The van der Waals surface area contributed by atoms with Crippen molar-refractivity contribution in [1.82, 2.24) is 0 Å². The molecule has 1 saturated heterocycles. The van der Waals surface area contributed by atoms with Crippen molar-refractivity contribution in [3.05, 3.63) is 18.2 Å². The average molecular weight is 252 g/mol. The maximum Gasteiger partial charge on any atom is 0.255 e. The molecule has 1 aromatic rings. The first-order chi connectivity index (χ1) is 8.70. The Bertz CT molecular complexity index is 430. The fraction of sp³-hybridized carbons (Fsp3) is 0.417. The van der Waals surface area contributed by atoms with Gasteiger partial charge in [-0.05, 0) is 12.1 Å². The van der Waals surface area contributed by atoms with Crippen molar-refractivity contribution in [1.29, 1.82) is 0 Å². The third-order valence-electron chi connectivity index (χ3n) is 2.62. The molecule has 1 aliphatic rings. The third kappa shape index (κ3) is 2.91. The van der Waals surface area contributed by atoms with Crippen LogP contribution in [0, 0.1) is 0 Å². The number of hydrogen-bond donors (Lipinski definition) is 2. The topological polar surface area (TPSA) is 82.8 Å². The summed E-state index contributed by atoms with van der Waals surface area (Å²) in [5.41, 5.74) is 6.79. The molecule has 0 aliphatic carbocycles. The van der Waals surface area contributed by atoms with Crippen molar-refractivity contribution in [2.75, 3.05) is 38.0 Å². The third-order valence-corrected chi connectivity index (χ3v) is 2.62. The van der Waals surface area contributed by atoms with Gasteiger partial charge in [0.15, 0.2) is 6.10 Å². The largest absolute Gasteiger partial charge is 0.497 e. The Morgan fingerprint density at radius 3 is 2.94 bits per heavy atom. The number of carbonyl (C=O) groups is 1. The quantitative estimate of drug-likeness (QED) is 0.771. The first-order valence-corrected chi connectivity index (χ1v) is 5.64. The van der Waals surface area contributed by atoms with Gasteiger partial charge in [-0.2, -0.15) is 0 Å². The SMILES string of the molecule is COc1ccc(NC(=O)C2COCCO2)c(N)c1. The minimum absolute atomic E-state index is 0.258. The molecule has 6 heteroatoms. The molecule has 1 unspecified atom stereocenters. The zero-order chi connectivity index (χ0) is 13.0. The molecule has 1 amide bonds. The minimum Gasteiger partial charge on any atom is -0.497 e. The second-order valence-electron chi connectivity index (χ2n) is 3.88. The normalized spacial score (nSPS) is 19.3. The van der Waals surface area contributed by atoms with Gasteiger partial charge < -0.3 is 25.3 Å². The van der Waals surface area contributed by atoms with Gasteiger partial charge in [-0.15, -0.1) is 0 Å². The predicted octanol–water partition coefficient (Wildman–Crippen LogP) is 0.631. The van der Waals surface area contributed by atoms with Gasteiger partial charge >= 0.3 is 0 Å². The molecule has 3 N–H and O–H groups in total. The number of ether oxygens (including phenoxy) is 3. The van der Waals surface area contributed by atoms with Crippen molar-refractivity contribution in [3.63, 3.8) is 0 Å². The average Bonchev–Trinajstić information content (AvgIpc) is 2.42. The number of rotatable bonds is 3. The van der Waals surface area contributed by atoms with Gasteiger partial charge in [0.1, 0.15) is 5.75 Å². The van der Waals surface area contributed by atoms with Crippen molar-refractivity contribution in [2.24, 2.45) is 0 Å². The van der Waals surface area contributed by atoms with E-state index >= 15 is 0 Å². The van der Waals surface area contributed by atoms with Gasteiger partial charge in [-0.3, -0.25) is 4.79 Å². The molecular weight excluding hydrogens is 236 g/mol. The number of anilines is 2. The molecule has 0 saturated carbocycles. The van der Waals surface area contributed by atoms with Crippen molar-refractivity contribution < 1.29 is 19.0 Å². The zero-order valence-electron chi connectivity index (χ0n) is 10.1. The number of nitrogens with two attached hydrogens (primary N) is 1. The monoisotopic (exact) mass is 252 g/mol. The first kappa shape index (κ1) is 12.7. The lowest BCUT2D eigenvalue weighted by Crippen LogP contribution is -2.39. The number of methoxy groups -OCH3 is 1. The van der Waals surface area contributed by atoms with Gasteiger partial charge in [0.2, 0.25) is 0 Å². The van der Waals surface area contributed by atoms with Gasteiger partial charge in [0.05, 0.1) is 38.3 Å². The molecule has 0 aromatic heterocycles. The van der Waals surface area contributed by atoms with E-state index in [-0.39, 0.29) is 12.5 Å². The highest BCUT2D eigenvalue weighted by Gasteiger charge is 2.23. The molecule has 1 aliphatic heterocycles. The van der Waals surface area contributed by atoms with Gasteiger partial charge in [-0.25, -0.2) is 0 Å². The lowest BCUT2D eigenvalue weighted by Gasteiger charge is -2.22. The van der Waals surface area contributed by atoms with E-state index in [4.69, 9.17) is 19.9 Å². The summed E-state index contributed by atoms with van der Waals surface area (Å²) in [6.45, 7) is 1.21. The molecule has 1 heterocycles. The van der Waals surface area contributed by atoms with E-state index in [9.17, 15) is 4.79 Å². The second-order valence-corrected chi connectivity index (χ2v) is 3.88. The Morgan fingerprint density at radius 2 is 2.33 bits per heavy atom. The number of nitrogens with one attached hydrogen (secondary N) is 1. The first-order valence-electron chi connectivity index (χ1n) is 5.64. The zero-order valence-corrected chi connectivity index (χ0v) is 10.1. The number of nitrogen functional groups attached to an aromatic ring is 1. The number of carbonyl (C=O) groups excluding carboxylic acids is 1. The smallest absolute Gasteiger partial charge is 0.255 e. The highest BCUT2D eigenvalue weighted by atomic mass is 16.6. The van der Waals surface area contributed by atoms with E-state index in [0.717, 1.165) is 0 Å². The lowest BCUT2D eigenvalue weighted by atomic mass is 10.2. The van der Waals surface area contributed by atoms with Crippen LogP contribution in [-0.4, -0.2) is 38.9 Å². The van der Waals surface area contributed by atoms with Crippen LogP contribution in [0.15, 0.2) is 18.2 Å². The van der Waals surface area contributed by atoms with E-state index in [2.05, 4.69) is 5.32 Å². The Kier molecular flexibility index (Phi) is 4.01. The molecule has 6 nitrogen and oxygen atoms in total. The van der Waals surface area contributed by atoms with E-state index in [1.165, 1.54) is 0 Å². The number of amides is 1. The van der Waals surface area contributed by atoms with Crippen LogP contribution >= 0.6 is 0 Å². The van der Waals surface area contributed by atoms with Gasteiger partial charge in [-0.1, -0.05) is 0 Å². The van der Waals surface area contributed by atoms with Crippen LogP contribution in [0.4, 0.5) is 11.4 Å². The van der Waals surface area contributed by atoms with E-state index in [1.807, 2.05) is 0 Å². The molecule has 2 rings (SSSR count). The molecule has 1 fully saturated rings. The second kappa shape index (κ2) is 5.70. The maximum absolute atomic E-state index is 11.9. The van der Waals surface area contributed by atoms with Crippen LogP contribution in [0.1, 0.15) is 0 Å². The fourth-order valence-corrected chi connectivity index (χ4v) is 1.63. The van der Waals surface area contributed by atoms with Gasteiger partial charge in [0.25, 0.3) is 5.91 Å². The van der Waals surface area contributed by atoms with Crippen LogP contribution in [0.5, 0.6) is 5.75 Å². The number of hydrogen-bond acceptors (Lipinski definition) is 5. The standard InChI is InChI=1S/C12H16N2O4/c1-16-8-2-3-10(9(13)6-8)14-12(15)11-7-17-4-5-18-11/h2-3,6,11H,4-5,7,13H2,1H3,(H,14,15). The van der Waals surface area contributed by atoms with Crippen LogP contribution in [0.3, 0.4) is 0 Å². The highest BCUT2D eigenvalue weighted by molar-refractivity contribution is 5.97. The van der Waals surface area contributed by atoms with Crippen molar-refractivity contribution >= 4 is 17.3 Å². The molecular formula is C12H16N2O4. The molecule has 0 radical (unpaired) electrons. The Hall–Kier alpha value is -1.79. The Labute approximate surface area is 105 Å². The van der Waals surface area contributed by atoms with Crippen LogP contribution < -0.4 is 15.8 Å². The molecule has 1 atom stereocenters. The van der Waals surface area contributed by atoms with Crippen molar-refractivity contribution in [3.8, 4) is 5.75 Å². The summed E-state index contributed by atoms with van der Waals surface area (Å²) in [6.07, 6.45) is -0.583. The summed E-state index contributed by atoms with van der Waals surface area (Å²) >= 11 is 0. The van der Waals surface area contributed by atoms with Gasteiger partial charge in [0, 0.05) is 6.07 Å². The van der Waals surface area contributed by atoms with Crippen LogP contribution in [0.2, 0.25) is 0 Å². The van der Waals surface area contributed by atoms with Crippen LogP contribution in [-0.2, 0) is 14.3 Å². The summed E-state index contributed by atoms with van der Waals surface area (Å²) in [5, 5.41) is 2.71. The molecule has 98 valence electrons. The molecule has 18 heavy (non-hydrogen) atoms. The minimum atomic E-state index is -0.583. The van der Waals surface area contributed by atoms with Crippen molar-refractivity contribution in [2.45, 2.75) is 6.10 Å². The highest BCUT2D eigenvalue weighted by Crippen LogP contribution is 2.24. The summed E-state index contributed by atoms with van der Waals surface area (Å²) in [5.74, 6) is 0.384. The summed E-state index contributed by atoms with van der Waals surface area (Å²) in [6, 6.07) is 5.06. The van der Waals surface area contributed by atoms with E-state index in [0.29, 0.717) is 30.3 Å². The summed E-state index contributed by atoms with van der Waals surface area (Å²) in [4.78, 5) is 11.9. The Morgan fingerprint density at radius 1 is 1.50 bits per heavy atom. The Balaban J connectivity index is 2.02. The molecule has 1 aromatic carbocycles. The fourth-order valence-electron chi connectivity index (χ4n) is 1.63. The summed E-state index contributed by atoms with van der Waals surface area (Å²) in [7, 11) is 1.56. The molecule has 0 bridgehead atoms. The number of benzene rings is 1. The summed E-state index contributed by atoms with van der Waals surface area (Å²) < 4.78 is 15.5. The van der Waals surface area contributed by atoms with E-state index in [1.54, 1.807) is 25.3 Å². The van der Waals surface area contributed by atoms with Crippen LogP contribution in [0.25, 0.3) is 0 Å².